The van der Waals surface area contributed by atoms with Crippen LogP contribution < -0.4 is 10.5 Å². The zero-order valence-electron chi connectivity index (χ0n) is 9.62. The average Bonchev–Trinajstić information content (AvgIpc) is 2.77. The van der Waals surface area contributed by atoms with Gasteiger partial charge in [-0.25, -0.2) is 13.1 Å². The number of benzene rings is 1. The fraction of sp³-hybridized carbons (Fsp3) is 0.455. The van der Waals surface area contributed by atoms with Gasteiger partial charge in [0, 0.05) is 6.04 Å². The first-order chi connectivity index (χ1) is 8.42. The molecule has 0 bridgehead atoms. The van der Waals surface area contributed by atoms with Crippen LogP contribution in [-0.2, 0) is 10.0 Å². The van der Waals surface area contributed by atoms with Crippen LogP contribution in [0.4, 0.5) is 5.69 Å². The van der Waals surface area contributed by atoms with Gasteiger partial charge in [0.25, 0.3) is 0 Å². The Bertz CT molecular complexity index is 554. The van der Waals surface area contributed by atoms with Crippen LogP contribution in [0.15, 0.2) is 17.0 Å². The van der Waals surface area contributed by atoms with E-state index in [0.717, 1.165) is 25.7 Å². The second-order valence-corrected chi connectivity index (χ2v) is 6.84. The lowest BCUT2D eigenvalue weighted by Crippen LogP contribution is -2.32. The summed E-state index contributed by atoms with van der Waals surface area (Å²) in [6, 6.07) is 2.80. The number of hydrogen-bond donors (Lipinski definition) is 2. The topological polar surface area (TPSA) is 72.2 Å². The van der Waals surface area contributed by atoms with E-state index in [9.17, 15) is 8.42 Å². The van der Waals surface area contributed by atoms with Crippen LogP contribution in [0.2, 0.25) is 10.0 Å². The van der Waals surface area contributed by atoms with Crippen molar-refractivity contribution < 1.29 is 8.42 Å². The van der Waals surface area contributed by atoms with E-state index in [4.69, 9.17) is 28.9 Å². The third-order valence-electron chi connectivity index (χ3n) is 3.06. The number of anilines is 1. The Balaban J connectivity index is 2.32. The van der Waals surface area contributed by atoms with Crippen LogP contribution in [0.5, 0.6) is 0 Å². The van der Waals surface area contributed by atoms with Gasteiger partial charge in [-0.1, -0.05) is 36.0 Å². The minimum Gasteiger partial charge on any atom is -0.396 e. The van der Waals surface area contributed by atoms with E-state index < -0.39 is 10.0 Å². The molecule has 0 aromatic heterocycles. The summed E-state index contributed by atoms with van der Waals surface area (Å²) in [4.78, 5) is -0.0158. The molecule has 0 unspecified atom stereocenters. The molecule has 0 saturated heterocycles. The van der Waals surface area contributed by atoms with Gasteiger partial charge in [0.2, 0.25) is 10.0 Å². The molecule has 1 aliphatic rings. The van der Waals surface area contributed by atoms with Gasteiger partial charge in [-0.2, -0.15) is 0 Å². The highest BCUT2D eigenvalue weighted by molar-refractivity contribution is 7.89. The second-order valence-electron chi connectivity index (χ2n) is 4.38. The Kier molecular flexibility index (Phi) is 4.06. The highest BCUT2D eigenvalue weighted by Gasteiger charge is 2.25. The predicted molar refractivity (Wildman–Crippen MR) is 73.5 cm³/mol. The van der Waals surface area contributed by atoms with Crippen molar-refractivity contribution in [3.63, 3.8) is 0 Å². The minimum absolute atomic E-state index is 0.0111. The van der Waals surface area contributed by atoms with Crippen molar-refractivity contribution in [1.29, 1.82) is 0 Å². The molecule has 0 heterocycles. The largest absolute Gasteiger partial charge is 0.396 e. The number of halogens is 2. The monoisotopic (exact) mass is 308 g/mol. The lowest BCUT2D eigenvalue weighted by atomic mass is 10.3. The average molecular weight is 309 g/mol. The van der Waals surface area contributed by atoms with Crippen molar-refractivity contribution in [2.24, 2.45) is 0 Å². The van der Waals surface area contributed by atoms with Gasteiger partial charge in [0.15, 0.2) is 0 Å². The van der Waals surface area contributed by atoms with E-state index in [1.807, 2.05) is 0 Å². The van der Waals surface area contributed by atoms with Crippen LogP contribution >= 0.6 is 23.2 Å². The molecule has 0 atom stereocenters. The van der Waals surface area contributed by atoms with Crippen molar-refractivity contribution in [3.8, 4) is 0 Å². The van der Waals surface area contributed by atoms with Gasteiger partial charge in [0.1, 0.15) is 4.90 Å². The Morgan fingerprint density at radius 1 is 1.22 bits per heavy atom. The molecular weight excluding hydrogens is 295 g/mol. The number of nitrogens with one attached hydrogen (secondary N) is 1. The maximum atomic E-state index is 12.2. The molecule has 4 nitrogen and oxygen atoms in total. The van der Waals surface area contributed by atoms with E-state index in [0.29, 0.717) is 0 Å². The molecule has 18 heavy (non-hydrogen) atoms. The maximum absolute atomic E-state index is 12.2. The Hall–Kier alpha value is -0.490. The third-order valence-corrected chi connectivity index (χ3v) is 5.47. The Labute approximate surface area is 117 Å². The summed E-state index contributed by atoms with van der Waals surface area (Å²) in [6.45, 7) is 0. The number of sulfonamides is 1. The van der Waals surface area contributed by atoms with Gasteiger partial charge in [-0.15, -0.1) is 0 Å². The summed E-state index contributed by atoms with van der Waals surface area (Å²) >= 11 is 11.7. The van der Waals surface area contributed by atoms with Crippen molar-refractivity contribution in [2.75, 3.05) is 5.73 Å². The highest BCUT2D eigenvalue weighted by atomic mass is 35.5. The molecule has 0 amide bonds. The molecule has 1 fully saturated rings. The molecule has 1 aliphatic carbocycles. The molecule has 7 heteroatoms. The fourth-order valence-electron chi connectivity index (χ4n) is 2.08. The van der Waals surface area contributed by atoms with Gasteiger partial charge >= 0.3 is 0 Å². The van der Waals surface area contributed by atoms with Crippen LogP contribution in [0, 0.1) is 0 Å². The third kappa shape index (κ3) is 2.74. The molecule has 1 aromatic carbocycles. The molecule has 3 N–H and O–H groups in total. The number of nitrogen functional groups attached to an aromatic ring is 1. The summed E-state index contributed by atoms with van der Waals surface area (Å²) in [5, 5.41) is 0.229. The number of rotatable bonds is 3. The lowest BCUT2D eigenvalue weighted by Gasteiger charge is -2.14. The normalized spacial score (nSPS) is 17.2. The summed E-state index contributed by atoms with van der Waals surface area (Å²) in [7, 11) is -3.63. The number of nitrogens with two attached hydrogens (primary N) is 1. The summed E-state index contributed by atoms with van der Waals surface area (Å²) < 4.78 is 27.0. The van der Waals surface area contributed by atoms with Crippen molar-refractivity contribution >= 4 is 38.9 Å². The maximum Gasteiger partial charge on any atom is 0.242 e. The van der Waals surface area contributed by atoms with Crippen molar-refractivity contribution in [3.05, 3.63) is 22.2 Å². The van der Waals surface area contributed by atoms with E-state index in [1.165, 1.54) is 12.1 Å². The van der Waals surface area contributed by atoms with E-state index in [-0.39, 0.29) is 26.7 Å². The van der Waals surface area contributed by atoms with Gasteiger partial charge < -0.3 is 5.73 Å². The van der Waals surface area contributed by atoms with Crippen LogP contribution in [0.3, 0.4) is 0 Å². The standard InChI is InChI=1S/C11H14Cl2N2O2S/c12-8-5-6-9(10(13)11(8)14)18(16,17)15-7-3-1-2-4-7/h5-7,15H,1-4,14H2. The quantitative estimate of drug-likeness (QED) is 0.843. The SMILES string of the molecule is Nc1c(Cl)ccc(S(=O)(=O)NC2CCCC2)c1Cl. The smallest absolute Gasteiger partial charge is 0.242 e. The van der Waals surface area contributed by atoms with Crippen LogP contribution in [0.25, 0.3) is 0 Å². The van der Waals surface area contributed by atoms with Gasteiger partial charge in [0.05, 0.1) is 15.7 Å². The molecule has 0 aliphatic heterocycles. The molecule has 2 rings (SSSR count). The Morgan fingerprint density at radius 3 is 2.44 bits per heavy atom. The molecule has 1 saturated carbocycles. The zero-order valence-corrected chi connectivity index (χ0v) is 11.9. The van der Waals surface area contributed by atoms with Gasteiger partial charge in [-0.3, -0.25) is 0 Å². The second kappa shape index (κ2) is 5.25. The van der Waals surface area contributed by atoms with Crippen LogP contribution in [-0.4, -0.2) is 14.5 Å². The zero-order chi connectivity index (χ0) is 13.3. The fourth-order valence-corrected chi connectivity index (χ4v) is 4.15. The van der Waals surface area contributed by atoms with Crippen molar-refractivity contribution in [2.45, 2.75) is 36.6 Å². The summed E-state index contributed by atoms with van der Waals surface area (Å²) in [6.07, 6.45) is 3.81. The first kappa shape index (κ1) is 13.9. The molecule has 0 radical (unpaired) electrons. The van der Waals surface area contributed by atoms with Crippen molar-refractivity contribution in [1.82, 2.24) is 4.72 Å². The molecule has 0 spiro atoms. The predicted octanol–water partition coefficient (Wildman–Crippen LogP) is 2.80. The summed E-state index contributed by atoms with van der Waals surface area (Å²) in [5.41, 5.74) is 5.72. The molecular formula is C11H14Cl2N2O2S. The molecule has 1 aromatic rings. The first-order valence-electron chi connectivity index (χ1n) is 5.67. The summed E-state index contributed by atoms with van der Waals surface area (Å²) in [5.74, 6) is 0. The molecule has 100 valence electrons. The van der Waals surface area contributed by atoms with Gasteiger partial charge in [-0.05, 0) is 25.0 Å². The lowest BCUT2D eigenvalue weighted by molar-refractivity contribution is 0.552. The Morgan fingerprint density at radius 2 is 1.83 bits per heavy atom. The first-order valence-corrected chi connectivity index (χ1v) is 7.91. The van der Waals surface area contributed by atoms with E-state index in [2.05, 4.69) is 4.72 Å². The van der Waals surface area contributed by atoms with E-state index >= 15 is 0 Å². The number of hydrogen-bond acceptors (Lipinski definition) is 3. The van der Waals surface area contributed by atoms with E-state index in [1.54, 1.807) is 0 Å². The van der Waals surface area contributed by atoms with Crippen LogP contribution in [0.1, 0.15) is 25.7 Å². The minimum atomic E-state index is -3.63. The highest BCUT2D eigenvalue weighted by Crippen LogP contribution is 2.33.